The van der Waals surface area contributed by atoms with Gasteiger partial charge in [-0.15, -0.1) is 0 Å². The lowest BCUT2D eigenvalue weighted by Crippen LogP contribution is -2.10. The predicted octanol–water partition coefficient (Wildman–Crippen LogP) is 3.40. The summed E-state index contributed by atoms with van der Waals surface area (Å²) in [6, 6.07) is 0. The van der Waals surface area contributed by atoms with Crippen LogP contribution in [0.2, 0.25) is 0 Å². The molecule has 0 saturated heterocycles. The van der Waals surface area contributed by atoms with Crippen LogP contribution in [0.25, 0.3) is 0 Å². The van der Waals surface area contributed by atoms with Crippen molar-refractivity contribution in [2.45, 2.75) is 53.8 Å². The summed E-state index contributed by atoms with van der Waals surface area (Å²) in [7, 11) is 0. The van der Waals surface area contributed by atoms with E-state index in [2.05, 4.69) is 41.5 Å². The van der Waals surface area contributed by atoms with Gasteiger partial charge in [0.05, 0.1) is 12.2 Å². The summed E-state index contributed by atoms with van der Waals surface area (Å²) in [5.74, 6) is 1.25. The number of rotatable bonds is 2. The molecule has 0 N–H and O–H groups in total. The lowest BCUT2D eigenvalue weighted by Gasteiger charge is -2.16. The SMILES string of the molecule is CC(C)C1=C(C(C)C)[C@@H](C)O[C@@H]1C. The maximum Gasteiger partial charge on any atom is 0.0771 e. The number of hydrogen-bond acceptors (Lipinski definition) is 1. The minimum absolute atomic E-state index is 0.326. The molecule has 0 radical (unpaired) electrons. The molecule has 1 nitrogen and oxygen atoms in total. The van der Waals surface area contributed by atoms with E-state index in [0.29, 0.717) is 24.0 Å². The first-order valence-electron chi connectivity index (χ1n) is 5.34. The summed E-state index contributed by atoms with van der Waals surface area (Å²) in [4.78, 5) is 0. The zero-order chi connectivity index (χ0) is 10.2. The Morgan fingerprint density at radius 2 is 1.15 bits per heavy atom. The fourth-order valence-electron chi connectivity index (χ4n) is 2.53. The van der Waals surface area contributed by atoms with Crippen LogP contribution in [0.5, 0.6) is 0 Å². The highest BCUT2D eigenvalue weighted by molar-refractivity contribution is 5.28. The van der Waals surface area contributed by atoms with Gasteiger partial charge in [-0.05, 0) is 36.8 Å². The fraction of sp³-hybridized carbons (Fsp3) is 0.833. The van der Waals surface area contributed by atoms with Gasteiger partial charge in [0.1, 0.15) is 0 Å². The molecule has 0 aliphatic carbocycles. The second-order valence-corrected chi connectivity index (χ2v) is 4.64. The van der Waals surface area contributed by atoms with Crippen LogP contribution in [-0.2, 0) is 4.74 Å². The average Bonchev–Trinajstić information content (AvgIpc) is 2.24. The van der Waals surface area contributed by atoms with Crippen LogP contribution in [0.15, 0.2) is 11.1 Å². The van der Waals surface area contributed by atoms with Crippen molar-refractivity contribution < 1.29 is 4.74 Å². The maximum absolute atomic E-state index is 5.83. The Bertz CT molecular complexity index is 191. The molecule has 0 spiro atoms. The lowest BCUT2D eigenvalue weighted by atomic mass is 9.87. The summed E-state index contributed by atoms with van der Waals surface area (Å²) in [6.07, 6.45) is 0.653. The van der Waals surface area contributed by atoms with Crippen LogP contribution in [0.1, 0.15) is 41.5 Å². The molecular formula is C12H22O. The largest absolute Gasteiger partial charge is 0.367 e. The fourth-order valence-corrected chi connectivity index (χ4v) is 2.53. The van der Waals surface area contributed by atoms with Crippen LogP contribution in [-0.4, -0.2) is 12.2 Å². The van der Waals surface area contributed by atoms with E-state index in [1.807, 2.05) is 0 Å². The Hall–Kier alpha value is -0.300. The van der Waals surface area contributed by atoms with Crippen molar-refractivity contribution in [2.24, 2.45) is 11.8 Å². The first-order chi connectivity index (χ1) is 5.95. The van der Waals surface area contributed by atoms with Crippen LogP contribution >= 0.6 is 0 Å². The minimum atomic E-state index is 0.326. The third-order valence-corrected chi connectivity index (χ3v) is 2.86. The molecule has 0 aromatic heterocycles. The van der Waals surface area contributed by atoms with Gasteiger partial charge in [0, 0.05) is 0 Å². The van der Waals surface area contributed by atoms with Crippen LogP contribution < -0.4 is 0 Å². The Morgan fingerprint density at radius 1 is 0.846 bits per heavy atom. The first-order valence-corrected chi connectivity index (χ1v) is 5.34. The lowest BCUT2D eigenvalue weighted by molar-refractivity contribution is 0.0691. The molecule has 0 aromatic rings. The second kappa shape index (κ2) is 3.83. The van der Waals surface area contributed by atoms with Gasteiger partial charge in [-0.1, -0.05) is 27.7 Å². The van der Waals surface area contributed by atoms with Gasteiger partial charge in [0.25, 0.3) is 0 Å². The van der Waals surface area contributed by atoms with Gasteiger partial charge in [-0.25, -0.2) is 0 Å². The van der Waals surface area contributed by atoms with E-state index in [4.69, 9.17) is 4.74 Å². The molecule has 0 fully saturated rings. The number of ether oxygens (including phenoxy) is 1. The van der Waals surface area contributed by atoms with Crippen LogP contribution in [0.4, 0.5) is 0 Å². The molecule has 1 aliphatic heterocycles. The molecule has 1 aliphatic rings. The zero-order valence-electron chi connectivity index (χ0n) is 9.72. The third-order valence-electron chi connectivity index (χ3n) is 2.86. The molecule has 0 unspecified atom stereocenters. The quantitative estimate of drug-likeness (QED) is 0.595. The van der Waals surface area contributed by atoms with Crippen LogP contribution in [0, 0.1) is 11.8 Å². The second-order valence-electron chi connectivity index (χ2n) is 4.64. The van der Waals surface area contributed by atoms with E-state index in [9.17, 15) is 0 Å². The molecule has 0 amide bonds. The van der Waals surface area contributed by atoms with E-state index in [1.165, 1.54) is 11.1 Å². The van der Waals surface area contributed by atoms with E-state index >= 15 is 0 Å². The average molecular weight is 182 g/mol. The van der Waals surface area contributed by atoms with E-state index in [-0.39, 0.29) is 0 Å². The highest BCUT2D eigenvalue weighted by atomic mass is 16.5. The molecule has 0 saturated carbocycles. The Kier molecular flexibility index (Phi) is 3.18. The van der Waals surface area contributed by atoms with Gasteiger partial charge >= 0.3 is 0 Å². The molecule has 1 heteroatoms. The molecular weight excluding hydrogens is 160 g/mol. The summed E-state index contributed by atoms with van der Waals surface area (Å²) < 4.78 is 5.83. The van der Waals surface area contributed by atoms with Crippen molar-refractivity contribution >= 4 is 0 Å². The van der Waals surface area contributed by atoms with Crippen LogP contribution in [0.3, 0.4) is 0 Å². The Morgan fingerprint density at radius 3 is 1.38 bits per heavy atom. The summed E-state index contributed by atoms with van der Waals surface area (Å²) >= 11 is 0. The van der Waals surface area contributed by atoms with Gasteiger partial charge in [-0.2, -0.15) is 0 Å². The standard InChI is InChI=1S/C12H22O/c1-7(2)11-9(5)13-10(6)12(11)8(3)4/h7-10H,1-6H3/t9-,10-/m1/s1. The van der Waals surface area contributed by atoms with Crippen molar-refractivity contribution in [3.8, 4) is 0 Å². The number of hydrogen-bond donors (Lipinski definition) is 0. The van der Waals surface area contributed by atoms with Crippen molar-refractivity contribution in [3.05, 3.63) is 11.1 Å². The zero-order valence-corrected chi connectivity index (χ0v) is 9.72. The molecule has 1 rings (SSSR count). The molecule has 76 valence electrons. The first kappa shape index (κ1) is 10.8. The third kappa shape index (κ3) is 1.96. The van der Waals surface area contributed by atoms with Crippen molar-refractivity contribution in [2.75, 3.05) is 0 Å². The monoisotopic (exact) mass is 182 g/mol. The summed E-state index contributed by atoms with van der Waals surface area (Å²) in [6.45, 7) is 13.4. The van der Waals surface area contributed by atoms with Crippen molar-refractivity contribution in [1.82, 2.24) is 0 Å². The Balaban J connectivity index is 3.03. The smallest absolute Gasteiger partial charge is 0.0771 e. The van der Waals surface area contributed by atoms with Gasteiger partial charge in [0.15, 0.2) is 0 Å². The topological polar surface area (TPSA) is 9.23 Å². The van der Waals surface area contributed by atoms with E-state index in [0.717, 1.165) is 0 Å². The molecule has 0 aromatic carbocycles. The Labute approximate surface area is 82.2 Å². The summed E-state index contributed by atoms with van der Waals surface area (Å²) in [5.41, 5.74) is 3.06. The minimum Gasteiger partial charge on any atom is -0.367 e. The molecule has 0 bridgehead atoms. The van der Waals surface area contributed by atoms with E-state index < -0.39 is 0 Å². The molecule has 1 heterocycles. The highest BCUT2D eigenvalue weighted by Gasteiger charge is 2.31. The van der Waals surface area contributed by atoms with Gasteiger partial charge in [-0.3, -0.25) is 0 Å². The van der Waals surface area contributed by atoms with Gasteiger partial charge < -0.3 is 4.74 Å². The normalized spacial score (nSPS) is 29.5. The van der Waals surface area contributed by atoms with Gasteiger partial charge in [0.2, 0.25) is 0 Å². The maximum atomic E-state index is 5.83. The predicted molar refractivity (Wildman–Crippen MR) is 56.7 cm³/mol. The summed E-state index contributed by atoms with van der Waals surface area (Å²) in [5, 5.41) is 0. The van der Waals surface area contributed by atoms with E-state index in [1.54, 1.807) is 0 Å². The molecule has 2 atom stereocenters. The van der Waals surface area contributed by atoms with Crippen molar-refractivity contribution in [3.63, 3.8) is 0 Å². The molecule has 13 heavy (non-hydrogen) atoms. The van der Waals surface area contributed by atoms with Crippen molar-refractivity contribution in [1.29, 1.82) is 0 Å². The highest BCUT2D eigenvalue weighted by Crippen LogP contribution is 2.35.